The van der Waals surface area contributed by atoms with Gasteiger partial charge in [0.05, 0.1) is 0 Å². The van der Waals surface area contributed by atoms with E-state index in [-0.39, 0.29) is 5.56 Å². The van der Waals surface area contributed by atoms with E-state index in [1.54, 1.807) is 0 Å². The minimum absolute atomic E-state index is 0.0775. The van der Waals surface area contributed by atoms with Crippen molar-refractivity contribution in [2.45, 2.75) is 39.8 Å². The summed E-state index contributed by atoms with van der Waals surface area (Å²) in [4.78, 5) is 11.9. The van der Waals surface area contributed by atoms with Crippen molar-refractivity contribution in [3.63, 3.8) is 0 Å². The van der Waals surface area contributed by atoms with E-state index in [2.05, 4.69) is 13.8 Å². The quantitative estimate of drug-likeness (QED) is 0.785. The zero-order valence-electron chi connectivity index (χ0n) is 8.92. The van der Waals surface area contributed by atoms with Crippen molar-refractivity contribution in [3.05, 3.63) is 33.7 Å². The van der Waals surface area contributed by atoms with Gasteiger partial charge in [-0.15, -0.1) is 0 Å². The summed E-state index contributed by atoms with van der Waals surface area (Å²) >= 11 is 0. The summed E-state index contributed by atoms with van der Waals surface area (Å²) in [6.45, 7) is 5.24. The Morgan fingerprint density at radius 3 is 2.57 bits per heavy atom. The molecule has 1 aromatic heterocycles. The van der Waals surface area contributed by atoms with E-state index in [0.29, 0.717) is 12.1 Å². The van der Waals surface area contributed by atoms with Crippen LogP contribution >= 0.6 is 0 Å². The van der Waals surface area contributed by atoms with Gasteiger partial charge in [-0.3, -0.25) is 4.79 Å². The number of hydrogen-bond donors (Lipinski definition) is 1. The van der Waals surface area contributed by atoms with Crippen molar-refractivity contribution < 1.29 is 0 Å². The summed E-state index contributed by atoms with van der Waals surface area (Å²) in [5.41, 5.74) is 7.37. The number of aryl methyl sites for hydroxylation is 1. The van der Waals surface area contributed by atoms with Crippen LogP contribution in [0.25, 0.3) is 0 Å². The molecular formula is C11H18N2O. The van der Waals surface area contributed by atoms with E-state index in [0.717, 1.165) is 25.1 Å². The fourth-order valence-electron chi connectivity index (χ4n) is 1.59. The molecule has 1 rings (SSSR count). The van der Waals surface area contributed by atoms with Gasteiger partial charge >= 0.3 is 0 Å². The Morgan fingerprint density at radius 2 is 2.07 bits per heavy atom. The van der Waals surface area contributed by atoms with Gasteiger partial charge in [0.25, 0.3) is 5.56 Å². The van der Waals surface area contributed by atoms with Gasteiger partial charge in [0.15, 0.2) is 0 Å². The molecule has 0 saturated carbocycles. The summed E-state index contributed by atoms with van der Waals surface area (Å²) in [6.07, 6.45) is 1.86. The Kier molecular flexibility index (Phi) is 3.89. The first-order valence-electron chi connectivity index (χ1n) is 5.16. The second-order valence-corrected chi connectivity index (χ2v) is 3.36. The molecule has 0 aliphatic heterocycles. The number of pyridine rings is 1. The average molecular weight is 194 g/mol. The first kappa shape index (κ1) is 11.0. The molecule has 0 amide bonds. The number of aromatic nitrogens is 1. The van der Waals surface area contributed by atoms with E-state index in [1.807, 2.05) is 16.7 Å². The van der Waals surface area contributed by atoms with Crippen LogP contribution in [-0.4, -0.2) is 4.57 Å². The summed E-state index contributed by atoms with van der Waals surface area (Å²) in [5.74, 6) is 0. The molecule has 78 valence electrons. The van der Waals surface area contributed by atoms with Crippen molar-refractivity contribution in [1.29, 1.82) is 0 Å². The Bertz CT molecular complexity index is 355. The largest absolute Gasteiger partial charge is 0.326 e. The van der Waals surface area contributed by atoms with Crippen LogP contribution < -0.4 is 11.3 Å². The maximum absolute atomic E-state index is 11.9. The molecule has 0 radical (unpaired) electrons. The smallest absolute Gasteiger partial charge is 0.255 e. The fraction of sp³-hybridized carbons (Fsp3) is 0.545. The van der Waals surface area contributed by atoms with E-state index in [4.69, 9.17) is 5.73 Å². The van der Waals surface area contributed by atoms with E-state index >= 15 is 0 Å². The fourth-order valence-corrected chi connectivity index (χ4v) is 1.59. The predicted octanol–water partition coefficient (Wildman–Crippen LogP) is 1.28. The maximum atomic E-state index is 11.9. The molecule has 2 N–H and O–H groups in total. The standard InChI is InChI=1S/C11H18N2O/c1-3-7-13-10(4-2)6-5-9(8-12)11(13)14/h5-6H,3-4,7-8,12H2,1-2H3. The lowest BCUT2D eigenvalue weighted by Gasteiger charge is -2.11. The Hall–Kier alpha value is -1.09. The molecule has 0 bridgehead atoms. The first-order valence-corrected chi connectivity index (χ1v) is 5.16. The van der Waals surface area contributed by atoms with E-state index in [1.165, 1.54) is 0 Å². The third-order valence-corrected chi connectivity index (χ3v) is 2.37. The van der Waals surface area contributed by atoms with Crippen LogP contribution in [-0.2, 0) is 19.5 Å². The molecule has 0 aromatic carbocycles. The molecule has 0 atom stereocenters. The van der Waals surface area contributed by atoms with Crippen LogP contribution in [0.2, 0.25) is 0 Å². The number of nitrogens with two attached hydrogens (primary N) is 1. The third-order valence-electron chi connectivity index (χ3n) is 2.37. The first-order chi connectivity index (χ1) is 6.74. The van der Waals surface area contributed by atoms with Crippen LogP contribution in [0.15, 0.2) is 16.9 Å². The molecule has 1 heterocycles. The molecule has 14 heavy (non-hydrogen) atoms. The lowest BCUT2D eigenvalue weighted by atomic mass is 10.2. The summed E-state index contributed by atoms with van der Waals surface area (Å²) in [5, 5.41) is 0. The second kappa shape index (κ2) is 4.96. The minimum atomic E-state index is 0.0775. The van der Waals surface area contributed by atoms with Gasteiger partial charge in [0, 0.05) is 24.3 Å². The highest BCUT2D eigenvalue weighted by molar-refractivity contribution is 5.16. The van der Waals surface area contributed by atoms with Gasteiger partial charge in [-0.25, -0.2) is 0 Å². The molecule has 0 unspecified atom stereocenters. The Labute approximate surface area is 84.6 Å². The molecule has 0 aliphatic rings. The number of nitrogens with zero attached hydrogens (tertiary/aromatic N) is 1. The molecular weight excluding hydrogens is 176 g/mol. The van der Waals surface area contributed by atoms with Crippen molar-refractivity contribution >= 4 is 0 Å². The van der Waals surface area contributed by atoms with Gasteiger partial charge in [-0.05, 0) is 18.9 Å². The molecule has 1 aromatic rings. The SMILES string of the molecule is CCCn1c(CC)ccc(CN)c1=O. The highest BCUT2D eigenvalue weighted by Gasteiger charge is 2.05. The van der Waals surface area contributed by atoms with Crippen molar-refractivity contribution in [1.82, 2.24) is 4.57 Å². The normalized spacial score (nSPS) is 10.5. The van der Waals surface area contributed by atoms with Crippen LogP contribution in [0, 0.1) is 0 Å². The predicted molar refractivity (Wildman–Crippen MR) is 58.3 cm³/mol. The van der Waals surface area contributed by atoms with E-state index < -0.39 is 0 Å². The minimum Gasteiger partial charge on any atom is -0.326 e. The maximum Gasteiger partial charge on any atom is 0.255 e. The monoisotopic (exact) mass is 194 g/mol. The third kappa shape index (κ3) is 2.04. The topological polar surface area (TPSA) is 48.0 Å². The highest BCUT2D eigenvalue weighted by atomic mass is 16.1. The average Bonchev–Trinajstić information content (AvgIpc) is 2.21. The van der Waals surface area contributed by atoms with Gasteiger partial charge < -0.3 is 10.3 Å². The Balaban J connectivity index is 3.24. The van der Waals surface area contributed by atoms with Crippen LogP contribution in [0.5, 0.6) is 0 Å². The Morgan fingerprint density at radius 1 is 1.36 bits per heavy atom. The highest BCUT2D eigenvalue weighted by Crippen LogP contribution is 2.01. The van der Waals surface area contributed by atoms with Crippen molar-refractivity contribution in [2.24, 2.45) is 5.73 Å². The molecule has 0 spiro atoms. The lowest BCUT2D eigenvalue weighted by Crippen LogP contribution is -2.27. The van der Waals surface area contributed by atoms with Crippen LogP contribution in [0.4, 0.5) is 0 Å². The zero-order valence-corrected chi connectivity index (χ0v) is 8.92. The van der Waals surface area contributed by atoms with Crippen LogP contribution in [0.1, 0.15) is 31.5 Å². The molecule has 0 fully saturated rings. The summed E-state index contributed by atoms with van der Waals surface area (Å²) in [6, 6.07) is 3.84. The van der Waals surface area contributed by atoms with Crippen molar-refractivity contribution in [2.75, 3.05) is 0 Å². The summed E-state index contributed by atoms with van der Waals surface area (Å²) < 4.78 is 1.84. The number of hydrogen-bond acceptors (Lipinski definition) is 2. The van der Waals surface area contributed by atoms with Crippen molar-refractivity contribution in [3.8, 4) is 0 Å². The van der Waals surface area contributed by atoms with Gasteiger partial charge in [0.1, 0.15) is 0 Å². The number of rotatable bonds is 4. The second-order valence-electron chi connectivity index (χ2n) is 3.36. The lowest BCUT2D eigenvalue weighted by molar-refractivity contribution is 0.616. The van der Waals surface area contributed by atoms with Gasteiger partial charge in [-0.2, -0.15) is 0 Å². The van der Waals surface area contributed by atoms with E-state index in [9.17, 15) is 4.79 Å². The summed E-state index contributed by atoms with van der Waals surface area (Å²) in [7, 11) is 0. The van der Waals surface area contributed by atoms with Gasteiger partial charge in [-0.1, -0.05) is 19.9 Å². The molecule has 0 saturated heterocycles. The zero-order chi connectivity index (χ0) is 10.6. The molecule has 3 nitrogen and oxygen atoms in total. The molecule has 3 heteroatoms. The molecule has 0 aliphatic carbocycles. The van der Waals surface area contributed by atoms with Crippen LogP contribution in [0.3, 0.4) is 0 Å². The van der Waals surface area contributed by atoms with Gasteiger partial charge in [0.2, 0.25) is 0 Å².